The molecule has 2 rings (SSSR count). The molecule has 2 aromatic rings. The van der Waals surface area contributed by atoms with E-state index in [0.29, 0.717) is 0 Å². The van der Waals surface area contributed by atoms with Crippen molar-refractivity contribution in [3.05, 3.63) is 62.0 Å². The van der Waals surface area contributed by atoms with Gasteiger partial charge in [0.1, 0.15) is 17.1 Å². The van der Waals surface area contributed by atoms with E-state index in [1.165, 1.54) is 6.07 Å². The average molecular weight is 345 g/mol. The molecule has 0 N–H and O–H groups in total. The highest BCUT2D eigenvalue weighted by molar-refractivity contribution is 6.35. The third kappa shape index (κ3) is 3.47. The van der Waals surface area contributed by atoms with Crippen molar-refractivity contribution >= 4 is 34.9 Å². The van der Waals surface area contributed by atoms with E-state index in [-0.39, 0.29) is 27.1 Å². The molecule has 0 aliphatic rings. The maximum atomic E-state index is 11.7. The largest absolute Gasteiger partial charge is 0.465 e. The zero-order chi connectivity index (χ0) is 18.9. The first-order valence-corrected chi connectivity index (χ1v) is 6.44. The van der Waals surface area contributed by atoms with Crippen LogP contribution in [0.25, 0.3) is 0 Å². The number of carbonyl (C=O) groups excluding carboxylic acids is 1. The summed E-state index contributed by atoms with van der Waals surface area (Å²) in [5.41, 5.74) is -0.853. The number of halogens is 2. The fraction of sp³-hybridized carbons (Fsp3) is 0.0714. The average Bonchev–Trinajstić information content (AvgIpc) is 2.60. The minimum Gasteiger partial charge on any atom is -0.465 e. The Morgan fingerprint density at radius 3 is 2.73 bits per heavy atom. The summed E-state index contributed by atoms with van der Waals surface area (Å²) in [6.45, 7) is 0. The van der Waals surface area contributed by atoms with E-state index < -0.39 is 34.7 Å². The molecule has 0 saturated carbocycles. The molecule has 6 nitrogen and oxygen atoms in total. The molecule has 0 amide bonds. The molecule has 0 fully saturated rings. The second-order valence-corrected chi connectivity index (χ2v) is 4.62. The predicted octanol–water partition coefficient (Wildman–Crippen LogP) is 4.48. The lowest BCUT2D eigenvalue weighted by Crippen LogP contribution is -2.05. The van der Waals surface area contributed by atoms with Gasteiger partial charge in [-0.2, -0.15) is 0 Å². The van der Waals surface area contributed by atoms with E-state index in [4.69, 9.17) is 32.1 Å². The van der Waals surface area contributed by atoms with Gasteiger partial charge in [0.05, 0.1) is 21.2 Å². The molecule has 0 bridgehead atoms. The fourth-order valence-electron chi connectivity index (χ4n) is 1.55. The fourth-order valence-corrected chi connectivity index (χ4v) is 1.92. The van der Waals surface area contributed by atoms with Gasteiger partial charge < -0.3 is 9.47 Å². The van der Waals surface area contributed by atoms with Crippen LogP contribution < -0.4 is 4.74 Å². The Labute approximate surface area is 139 Å². The van der Waals surface area contributed by atoms with Crippen LogP contribution in [0.4, 0.5) is 5.69 Å². The van der Waals surface area contributed by atoms with Crippen LogP contribution in [0.15, 0.2) is 36.3 Å². The number of esters is 1. The predicted molar refractivity (Wildman–Crippen MR) is 81.0 cm³/mol. The second kappa shape index (κ2) is 6.64. The molecule has 0 saturated heterocycles. The summed E-state index contributed by atoms with van der Waals surface area (Å²) in [7, 11) is 1.07. The molecule has 2 aromatic carbocycles. The van der Waals surface area contributed by atoms with Crippen molar-refractivity contribution in [3.63, 3.8) is 0 Å². The number of rotatable bonds is 4. The van der Waals surface area contributed by atoms with E-state index in [2.05, 4.69) is 4.74 Å². The van der Waals surface area contributed by atoms with Gasteiger partial charge in [0.2, 0.25) is 0 Å². The molecular formula is C14H9Cl2NO5. The first-order valence-electron chi connectivity index (χ1n) is 7.18. The first kappa shape index (κ1) is 12.3. The van der Waals surface area contributed by atoms with E-state index in [1.54, 1.807) is 0 Å². The first-order chi connectivity index (χ1) is 11.7. The van der Waals surface area contributed by atoms with E-state index >= 15 is 0 Å². The topological polar surface area (TPSA) is 78.7 Å². The molecule has 0 radical (unpaired) electrons. The van der Waals surface area contributed by atoms with Crippen molar-refractivity contribution in [1.82, 2.24) is 0 Å². The standard InChI is InChI=1S/C14H9Cl2NO5/c1-21-14(18)10-7-9(3-4-12(10)17(19)20)22-13-5-2-8(15)6-11(13)16/h2-7H,1H3/i2D,5D,6D. The Kier molecular flexibility index (Phi) is 3.70. The summed E-state index contributed by atoms with van der Waals surface area (Å²) in [6, 6.07) is 1.93. The lowest BCUT2D eigenvalue weighted by Gasteiger charge is -2.09. The summed E-state index contributed by atoms with van der Waals surface area (Å²) in [5, 5.41) is 10.4. The van der Waals surface area contributed by atoms with Crippen LogP contribution in [0.1, 0.15) is 14.5 Å². The van der Waals surface area contributed by atoms with Gasteiger partial charge in [-0.15, -0.1) is 0 Å². The number of carbonyl (C=O) groups is 1. The van der Waals surface area contributed by atoms with Gasteiger partial charge in [-0.25, -0.2) is 4.79 Å². The van der Waals surface area contributed by atoms with Crippen molar-refractivity contribution < 1.29 is 23.3 Å². The second-order valence-electron chi connectivity index (χ2n) is 3.86. The van der Waals surface area contributed by atoms with Crippen LogP contribution >= 0.6 is 23.2 Å². The monoisotopic (exact) mass is 344 g/mol. The molecular weight excluding hydrogens is 333 g/mol. The zero-order valence-electron chi connectivity index (χ0n) is 14.0. The highest BCUT2D eigenvalue weighted by Gasteiger charge is 2.22. The summed E-state index contributed by atoms with van der Waals surface area (Å²) >= 11 is 11.7. The van der Waals surface area contributed by atoms with Crippen LogP contribution in [-0.2, 0) is 4.74 Å². The SMILES string of the molecule is [2H]c1c([2H])c(Oc2ccc([N+](=O)[O-])c(C(=O)OC)c2)c(Cl)c([2H])c1Cl. The molecule has 8 heteroatoms. The third-order valence-corrected chi connectivity index (χ3v) is 2.95. The van der Waals surface area contributed by atoms with Crippen LogP contribution in [0, 0.1) is 10.1 Å². The smallest absolute Gasteiger partial charge is 0.345 e. The number of hydrogen-bond donors (Lipinski definition) is 0. The summed E-state index contributed by atoms with van der Waals surface area (Å²) in [4.78, 5) is 21.9. The summed E-state index contributed by atoms with van der Waals surface area (Å²) < 4.78 is 33.1. The Bertz CT molecular complexity index is 862. The van der Waals surface area contributed by atoms with Gasteiger partial charge in [0.15, 0.2) is 0 Å². The van der Waals surface area contributed by atoms with Crippen LogP contribution in [-0.4, -0.2) is 18.0 Å². The van der Waals surface area contributed by atoms with Crippen molar-refractivity contribution in [2.45, 2.75) is 0 Å². The quantitative estimate of drug-likeness (QED) is 0.464. The highest BCUT2D eigenvalue weighted by Crippen LogP contribution is 2.33. The van der Waals surface area contributed by atoms with Gasteiger partial charge in [-0.3, -0.25) is 10.1 Å². The molecule has 0 heterocycles. The van der Waals surface area contributed by atoms with Crippen molar-refractivity contribution in [2.75, 3.05) is 7.11 Å². The number of benzene rings is 2. The van der Waals surface area contributed by atoms with E-state index in [1.807, 2.05) is 0 Å². The summed E-state index contributed by atoms with van der Waals surface area (Å²) in [5.74, 6) is -1.35. The van der Waals surface area contributed by atoms with Crippen molar-refractivity contribution in [1.29, 1.82) is 0 Å². The summed E-state index contributed by atoms with van der Waals surface area (Å²) in [6.07, 6.45) is 0. The number of nitro benzene ring substituents is 1. The van der Waals surface area contributed by atoms with Crippen molar-refractivity contribution in [2.24, 2.45) is 0 Å². The number of methoxy groups -OCH3 is 1. The number of nitrogens with zero attached hydrogens (tertiary/aromatic N) is 1. The molecule has 0 aliphatic carbocycles. The molecule has 0 unspecified atom stereocenters. The van der Waals surface area contributed by atoms with Crippen LogP contribution in [0.3, 0.4) is 0 Å². The molecule has 0 spiro atoms. The third-order valence-electron chi connectivity index (χ3n) is 2.49. The Balaban J connectivity index is 2.56. The van der Waals surface area contributed by atoms with Crippen molar-refractivity contribution in [3.8, 4) is 11.5 Å². The molecule has 0 atom stereocenters. The van der Waals surface area contributed by atoms with Crippen LogP contribution in [0.5, 0.6) is 11.5 Å². The minimum atomic E-state index is -0.951. The number of ether oxygens (including phenoxy) is 2. The van der Waals surface area contributed by atoms with Gasteiger partial charge >= 0.3 is 5.97 Å². The minimum absolute atomic E-state index is 0.0671. The Hall–Kier alpha value is -2.31. The lowest BCUT2D eigenvalue weighted by molar-refractivity contribution is -0.385. The molecule has 0 aromatic heterocycles. The molecule has 114 valence electrons. The number of nitro groups is 1. The van der Waals surface area contributed by atoms with Gasteiger partial charge in [-0.05, 0) is 24.2 Å². The molecule has 22 heavy (non-hydrogen) atoms. The van der Waals surface area contributed by atoms with E-state index in [0.717, 1.165) is 19.2 Å². The zero-order valence-corrected chi connectivity index (χ0v) is 12.5. The van der Waals surface area contributed by atoms with E-state index in [9.17, 15) is 14.9 Å². The van der Waals surface area contributed by atoms with Gasteiger partial charge in [0, 0.05) is 17.2 Å². The maximum absolute atomic E-state index is 11.7. The normalized spacial score (nSPS) is 12.0. The Morgan fingerprint density at radius 1 is 1.36 bits per heavy atom. The van der Waals surface area contributed by atoms with Crippen LogP contribution in [0.2, 0.25) is 10.0 Å². The lowest BCUT2D eigenvalue weighted by atomic mass is 10.1. The maximum Gasteiger partial charge on any atom is 0.345 e. The number of hydrogen-bond acceptors (Lipinski definition) is 5. The highest BCUT2D eigenvalue weighted by atomic mass is 35.5. The van der Waals surface area contributed by atoms with Gasteiger partial charge in [0.25, 0.3) is 5.69 Å². The Morgan fingerprint density at radius 2 is 2.09 bits per heavy atom. The molecule has 0 aliphatic heterocycles. The van der Waals surface area contributed by atoms with Gasteiger partial charge in [-0.1, -0.05) is 23.2 Å².